The summed E-state index contributed by atoms with van der Waals surface area (Å²) in [5, 5.41) is 37.3. The van der Waals surface area contributed by atoms with Gasteiger partial charge in [0.2, 0.25) is 5.95 Å². The van der Waals surface area contributed by atoms with Gasteiger partial charge in [-0.25, -0.2) is 14.6 Å². The molecule has 218 valence electrons. The van der Waals surface area contributed by atoms with Crippen molar-refractivity contribution in [3.8, 4) is 34.8 Å². The largest absolute Gasteiger partial charge is 0.481 e. The Morgan fingerprint density at radius 3 is 2.50 bits per heavy atom. The molecule has 0 atom stereocenters. The second kappa shape index (κ2) is 12.1. The number of nitrogens with zero attached hydrogens (tertiary/aromatic N) is 8. The molecule has 0 bridgehead atoms. The van der Waals surface area contributed by atoms with Crippen LogP contribution in [0, 0.1) is 29.6 Å². The number of benzene rings is 2. The summed E-state index contributed by atoms with van der Waals surface area (Å²) >= 11 is 0. The van der Waals surface area contributed by atoms with Gasteiger partial charge in [-0.15, -0.1) is 5.10 Å². The Balaban J connectivity index is 1.46. The summed E-state index contributed by atoms with van der Waals surface area (Å²) in [7, 11) is 0. The molecule has 11 heteroatoms. The smallest absolute Gasteiger partial charge is 0.304 e. The first kappa shape index (κ1) is 29.5. The van der Waals surface area contributed by atoms with E-state index in [-0.39, 0.29) is 12.4 Å². The van der Waals surface area contributed by atoms with Crippen LogP contribution in [-0.2, 0) is 23.2 Å². The van der Waals surface area contributed by atoms with Crippen molar-refractivity contribution in [1.82, 2.24) is 29.9 Å². The van der Waals surface area contributed by atoms with E-state index in [1.807, 2.05) is 69.3 Å². The van der Waals surface area contributed by atoms with Crippen LogP contribution >= 0.6 is 0 Å². The first-order chi connectivity index (χ1) is 21.1. The molecular weight excluding hydrogens is 554 g/mol. The van der Waals surface area contributed by atoms with Crippen LogP contribution in [0.1, 0.15) is 59.5 Å². The molecular formula is C33H29N9O2. The van der Waals surface area contributed by atoms with Crippen LogP contribution in [0.25, 0.3) is 22.6 Å². The number of aryl methyl sites for hydroxylation is 1. The number of nitriles is 2. The molecule has 11 nitrogen and oxygen atoms in total. The lowest BCUT2D eigenvalue weighted by Gasteiger charge is -2.22. The van der Waals surface area contributed by atoms with E-state index in [2.05, 4.69) is 37.4 Å². The number of carboxylic acid groups (broad SMARTS) is 1. The van der Waals surface area contributed by atoms with Crippen LogP contribution in [0.2, 0.25) is 0 Å². The zero-order valence-corrected chi connectivity index (χ0v) is 24.5. The maximum Gasteiger partial charge on any atom is 0.304 e. The molecule has 0 saturated heterocycles. The Hall–Kier alpha value is -5.94. The molecule has 3 aromatic heterocycles. The number of carboxylic acids is 1. The topological polar surface area (TPSA) is 180 Å². The van der Waals surface area contributed by atoms with Crippen LogP contribution in [0.4, 0.5) is 5.95 Å². The first-order valence-electron chi connectivity index (χ1n) is 13.8. The number of carbonyl (C=O) groups is 1. The summed E-state index contributed by atoms with van der Waals surface area (Å²) in [6, 6.07) is 22.9. The van der Waals surface area contributed by atoms with Crippen molar-refractivity contribution in [2.45, 2.75) is 45.6 Å². The zero-order valence-electron chi connectivity index (χ0n) is 24.5. The Bertz CT molecular complexity index is 1970. The molecule has 0 amide bonds. The molecule has 0 saturated carbocycles. The molecule has 0 aliphatic carbocycles. The molecule has 3 N–H and O–H groups in total. The number of aromatic nitrogens is 6. The molecule has 3 heterocycles. The predicted molar refractivity (Wildman–Crippen MR) is 163 cm³/mol. The van der Waals surface area contributed by atoms with Gasteiger partial charge in [-0.1, -0.05) is 49.4 Å². The van der Waals surface area contributed by atoms with E-state index in [9.17, 15) is 20.4 Å². The van der Waals surface area contributed by atoms with Crippen molar-refractivity contribution < 1.29 is 9.90 Å². The highest BCUT2D eigenvalue weighted by atomic mass is 16.4. The van der Waals surface area contributed by atoms with Gasteiger partial charge in [0.25, 0.3) is 0 Å². The van der Waals surface area contributed by atoms with Crippen molar-refractivity contribution in [1.29, 1.82) is 10.5 Å². The van der Waals surface area contributed by atoms with Crippen molar-refractivity contribution >= 4 is 11.9 Å². The molecule has 5 aromatic rings. The molecule has 0 aliphatic rings. The number of hydrogen-bond acceptors (Lipinski definition) is 9. The number of aliphatic carboxylic acids is 1. The van der Waals surface area contributed by atoms with Gasteiger partial charge in [0.1, 0.15) is 11.8 Å². The van der Waals surface area contributed by atoms with E-state index in [0.29, 0.717) is 58.1 Å². The maximum absolute atomic E-state index is 11.3. The molecule has 5 rings (SSSR count). The lowest BCUT2D eigenvalue weighted by atomic mass is 9.85. The Labute approximate surface area is 254 Å². The van der Waals surface area contributed by atoms with Gasteiger partial charge in [-0.05, 0) is 60.4 Å². The fourth-order valence-corrected chi connectivity index (χ4v) is 5.12. The van der Waals surface area contributed by atoms with Crippen molar-refractivity contribution in [2.24, 2.45) is 0 Å². The van der Waals surface area contributed by atoms with Crippen LogP contribution in [0.5, 0.6) is 0 Å². The SMILES string of the molecule is Cc1ccc(Cc2cccc(C#N)c2)c(C#N)c1-c1cc(-c2cn(Cc3cccc(C(C)(C)CC(=O)O)n3)nn2)nc(N)n1. The highest BCUT2D eigenvalue weighted by molar-refractivity contribution is 5.76. The van der Waals surface area contributed by atoms with Gasteiger partial charge in [0, 0.05) is 16.7 Å². The molecule has 44 heavy (non-hydrogen) atoms. The number of anilines is 1. The number of rotatable bonds is 9. The van der Waals surface area contributed by atoms with Crippen molar-refractivity contribution in [3.05, 3.63) is 106 Å². The lowest BCUT2D eigenvalue weighted by Crippen LogP contribution is -2.23. The molecule has 0 aliphatic heterocycles. The fraction of sp³-hybridized carbons (Fsp3) is 0.212. The van der Waals surface area contributed by atoms with E-state index >= 15 is 0 Å². The molecule has 0 radical (unpaired) electrons. The average Bonchev–Trinajstić information content (AvgIpc) is 3.45. The first-order valence-corrected chi connectivity index (χ1v) is 13.8. The predicted octanol–water partition coefficient (Wildman–Crippen LogP) is 4.82. The third-order valence-electron chi connectivity index (χ3n) is 7.28. The number of nitrogens with two attached hydrogens (primary N) is 1. The normalized spacial score (nSPS) is 11.1. The summed E-state index contributed by atoms with van der Waals surface area (Å²) in [6.07, 6.45) is 2.15. The standard InChI is InChI=1S/C33H29N9O2/c1-20-10-11-23(13-21-6-4-7-22(12-21)16-34)25(17-35)31(20)27-14-26(38-32(36)39-27)28-19-42(41-40-28)18-24-8-5-9-29(37-24)33(2,3)15-30(43)44/h4-12,14,19H,13,15,18H2,1-3H3,(H,43,44)(H2,36,38,39). The summed E-state index contributed by atoms with van der Waals surface area (Å²) in [4.78, 5) is 24.8. The van der Waals surface area contributed by atoms with E-state index in [4.69, 9.17) is 5.73 Å². The minimum atomic E-state index is -0.888. The quantitative estimate of drug-likeness (QED) is 0.244. The van der Waals surface area contributed by atoms with Gasteiger partial charge in [0.15, 0.2) is 0 Å². The number of nitrogen functional groups attached to an aromatic ring is 1. The van der Waals surface area contributed by atoms with Crippen LogP contribution in [-0.4, -0.2) is 41.0 Å². The van der Waals surface area contributed by atoms with Gasteiger partial charge < -0.3 is 10.8 Å². The summed E-state index contributed by atoms with van der Waals surface area (Å²) in [6.45, 7) is 5.91. The second-order valence-electron chi connectivity index (χ2n) is 11.2. The lowest BCUT2D eigenvalue weighted by molar-refractivity contribution is -0.138. The van der Waals surface area contributed by atoms with E-state index in [1.165, 1.54) is 0 Å². The zero-order chi connectivity index (χ0) is 31.4. The Kier molecular flexibility index (Phi) is 8.14. The van der Waals surface area contributed by atoms with Crippen molar-refractivity contribution in [2.75, 3.05) is 5.73 Å². The summed E-state index contributed by atoms with van der Waals surface area (Å²) in [5.41, 5.74) is 12.5. The Morgan fingerprint density at radius 1 is 0.977 bits per heavy atom. The highest BCUT2D eigenvalue weighted by Gasteiger charge is 2.26. The van der Waals surface area contributed by atoms with E-state index in [1.54, 1.807) is 23.0 Å². The number of hydrogen-bond donors (Lipinski definition) is 2. The highest BCUT2D eigenvalue weighted by Crippen LogP contribution is 2.32. The van der Waals surface area contributed by atoms with Crippen LogP contribution in [0.15, 0.2) is 66.9 Å². The van der Waals surface area contributed by atoms with Gasteiger partial charge in [-0.3, -0.25) is 9.78 Å². The Morgan fingerprint density at radius 2 is 1.75 bits per heavy atom. The number of pyridine rings is 1. The van der Waals surface area contributed by atoms with Crippen LogP contribution in [0.3, 0.4) is 0 Å². The molecule has 0 spiro atoms. The van der Waals surface area contributed by atoms with E-state index < -0.39 is 11.4 Å². The molecule has 0 fully saturated rings. The second-order valence-corrected chi connectivity index (χ2v) is 11.2. The third kappa shape index (κ3) is 6.42. The van der Waals surface area contributed by atoms with Gasteiger partial charge in [0.05, 0.1) is 53.4 Å². The minimum Gasteiger partial charge on any atom is -0.481 e. The monoisotopic (exact) mass is 583 g/mol. The summed E-state index contributed by atoms with van der Waals surface area (Å²) < 4.78 is 1.62. The molecule has 2 aromatic carbocycles. The maximum atomic E-state index is 11.3. The van der Waals surface area contributed by atoms with Crippen LogP contribution < -0.4 is 5.73 Å². The summed E-state index contributed by atoms with van der Waals surface area (Å²) in [5.74, 6) is -0.863. The fourth-order valence-electron chi connectivity index (χ4n) is 5.12. The third-order valence-corrected chi connectivity index (χ3v) is 7.28. The van der Waals surface area contributed by atoms with Crippen molar-refractivity contribution in [3.63, 3.8) is 0 Å². The average molecular weight is 584 g/mol. The molecule has 0 unspecified atom stereocenters. The van der Waals surface area contributed by atoms with E-state index in [0.717, 1.165) is 16.7 Å². The van der Waals surface area contributed by atoms with Gasteiger partial charge >= 0.3 is 5.97 Å². The van der Waals surface area contributed by atoms with Gasteiger partial charge in [-0.2, -0.15) is 10.5 Å². The minimum absolute atomic E-state index is 0.0255.